The Morgan fingerprint density at radius 3 is 1.36 bits per heavy atom. The molecule has 0 aromatic carbocycles. The summed E-state index contributed by atoms with van der Waals surface area (Å²) in [4.78, 5) is 13.6. The average molecular weight is 360 g/mol. The molecule has 0 saturated carbocycles. The zero-order chi connectivity index (χ0) is 11.3. The molecule has 0 aliphatic heterocycles. The van der Waals surface area contributed by atoms with E-state index < -0.39 is 15.4 Å². The molecule has 0 fully saturated rings. The number of hydrogen-bond acceptors (Lipinski definition) is 3. The predicted molar refractivity (Wildman–Crippen MR) is 51.4 cm³/mol. The normalized spacial score (nSPS) is 10.8. The van der Waals surface area contributed by atoms with E-state index >= 15 is 0 Å². The molecular formula is C6H11Cl3O4Pd. The SMILES string of the molecule is CC(C)(C)OO.O=C(O)C(Cl)(Cl)Cl.[Pd]. The Morgan fingerprint density at radius 1 is 1.21 bits per heavy atom. The Hall–Kier alpha value is 0.922. The molecule has 14 heavy (non-hydrogen) atoms. The number of carboxylic acid groups (broad SMARTS) is 1. The predicted octanol–water partition coefficient (Wildman–Crippen LogP) is 2.71. The van der Waals surface area contributed by atoms with Gasteiger partial charge in [-0.05, 0) is 20.8 Å². The van der Waals surface area contributed by atoms with Gasteiger partial charge in [-0.15, -0.1) is 0 Å². The van der Waals surface area contributed by atoms with Crippen LogP contribution in [-0.4, -0.2) is 25.7 Å². The van der Waals surface area contributed by atoms with Gasteiger partial charge in [0, 0.05) is 20.4 Å². The molecule has 0 spiro atoms. The van der Waals surface area contributed by atoms with Crippen molar-refractivity contribution in [1.29, 1.82) is 0 Å². The Bertz CT molecular complexity index is 163. The molecule has 90 valence electrons. The second-order valence-electron chi connectivity index (χ2n) is 3.01. The van der Waals surface area contributed by atoms with Crippen LogP contribution in [0.3, 0.4) is 0 Å². The number of aliphatic carboxylic acids is 1. The number of hydrogen-bond donors (Lipinski definition) is 2. The van der Waals surface area contributed by atoms with Crippen molar-refractivity contribution in [3.63, 3.8) is 0 Å². The number of halogens is 3. The maximum absolute atomic E-state index is 9.62. The molecule has 4 nitrogen and oxygen atoms in total. The Balaban J connectivity index is -0.000000163. The molecule has 0 unspecified atom stereocenters. The van der Waals surface area contributed by atoms with Gasteiger partial charge in [-0.1, -0.05) is 34.8 Å². The van der Waals surface area contributed by atoms with E-state index in [2.05, 4.69) is 4.89 Å². The molecule has 0 bridgehead atoms. The maximum Gasteiger partial charge on any atom is 0.356 e. The van der Waals surface area contributed by atoms with Crippen LogP contribution >= 0.6 is 34.8 Å². The van der Waals surface area contributed by atoms with Crippen LogP contribution in [0.25, 0.3) is 0 Å². The first kappa shape index (κ1) is 20.3. The monoisotopic (exact) mass is 358 g/mol. The smallest absolute Gasteiger partial charge is 0.356 e. The van der Waals surface area contributed by atoms with Gasteiger partial charge in [-0.2, -0.15) is 0 Å². The summed E-state index contributed by atoms with van der Waals surface area (Å²) in [5.74, 6) is -1.46. The molecule has 0 atom stereocenters. The Morgan fingerprint density at radius 2 is 1.36 bits per heavy atom. The molecule has 0 saturated heterocycles. The van der Waals surface area contributed by atoms with Crippen molar-refractivity contribution in [2.45, 2.75) is 30.2 Å². The van der Waals surface area contributed by atoms with E-state index in [-0.39, 0.29) is 20.4 Å². The molecule has 0 rings (SSSR count). The number of rotatable bonds is 0. The van der Waals surface area contributed by atoms with Crippen molar-refractivity contribution in [2.24, 2.45) is 0 Å². The minimum absolute atomic E-state index is 0. The van der Waals surface area contributed by atoms with Gasteiger partial charge in [0.05, 0.1) is 5.60 Å². The van der Waals surface area contributed by atoms with E-state index in [0.717, 1.165) is 0 Å². The zero-order valence-electron chi connectivity index (χ0n) is 7.66. The molecule has 0 heterocycles. The van der Waals surface area contributed by atoms with Crippen LogP contribution in [-0.2, 0) is 30.1 Å². The Labute approximate surface area is 111 Å². The number of carboxylic acids is 1. The first-order valence-corrected chi connectivity index (χ1v) is 4.27. The van der Waals surface area contributed by atoms with Crippen LogP contribution in [0.15, 0.2) is 0 Å². The van der Waals surface area contributed by atoms with Crippen molar-refractivity contribution < 1.29 is 40.5 Å². The van der Waals surface area contributed by atoms with E-state index in [1.807, 2.05) is 0 Å². The molecule has 0 aromatic rings. The molecule has 0 radical (unpaired) electrons. The third-order valence-electron chi connectivity index (χ3n) is 0.516. The van der Waals surface area contributed by atoms with Crippen LogP contribution in [0.2, 0.25) is 0 Å². The van der Waals surface area contributed by atoms with Gasteiger partial charge in [0.25, 0.3) is 3.79 Å². The van der Waals surface area contributed by atoms with Crippen molar-refractivity contribution in [3.8, 4) is 0 Å². The van der Waals surface area contributed by atoms with Crippen molar-refractivity contribution >= 4 is 40.8 Å². The van der Waals surface area contributed by atoms with Crippen LogP contribution in [0.5, 0.6) is 0 Å². The van der Waals surface area contributed by atoms with E-state index in [4.69, 9.17) is 45.2 Å². The average Bonchev–Trinajstić information content (AvgIpc) is 1.85. The maximum atomic E-state index is 9.62. The van der Waals surface area contributed by atoms with Gasteiger partial charge < -0.3 is 5.11 Å². The molecule has 0 aliphatic rings. The van der Waals surface area contributed by atoms with Crippen LogP contribution in [0, 0.1) is 0 Å². The summed E-state index contributed by atoms with van der Waals surface area (Å²) in [6.45, 7) is 5.31. The minimum atomic E-state index is -2.17. The van der Waals surface area contributed by atoms with Crippen LogP contribution < -0.4 is 0 Å². The summed E-state index contributed by atoms with van der Waals surface area (Å²) in [6.07, 6.45) is 0. The standard InChI is InChI=1S/C4H10O2.C2HCl3O2.Pd/c1-4(2,3)6-5;3-2(4,5)1(6)7;/h5H,1-3H3;(H,6,7);. The first-order valence-electron chi connectivity index (χ1n) is 3.13. The van der Waals surface area contributed by atoms with Gasteiger partial charge in [0.15, 0.2) is 0 Å². The third-order valence-corrected chi connectivity index (χ3v) is 1.00. The van der Waals surface area contributed by atoms with Gasteiger partial charge in [-0.25, -0.2) is 9.68 Å². The summed E-state index contributed by atoms with van der Waals surface area (Å²) in [5, 5.41) is 15.8. The fourth-order valence-electron chi connectivity index (χ4n) is 0. The first-order chi connectivity index (χ1) is 5.50. The molecule has 0 aliphatic carbocycles. The van der Waals surface area contributed by atoms with Crippen molar-refractivity contribution in [2.75, 3.05) is 0 Å². The van der Waals surface area contributed by atoms with Crippen molar-refractivity contribution in [1.82, 2.24) is 0 Å². The molecule has 0 amide bonds. The number of alkyl halides is 3. The summed E-state index contributed by atoms with van der Waals surface area (Å²) in [5.41, 5.74) is -0.403. The molecular weight excluding hydrogens is 349 g/mol. The van der Waals surface area contributed by atoms with Gasteiger partial charge in [0.2, 0.25) is 0 Å². The summed E-state index contributed by atoms with van der Waals surface area (Å²) < 4.78 is -2.17. The van der Waals surface area contributed by atoms with Gasteiger partial charge in [0.1, 0.15) is 0 Å². The van der Waals surface area contributed by atoms with Gasteiger partial charge >= 0.3 is 5.97 Å². The van der Waals surface area contributed by atoms with Crippen molar-refractivity contribution in [3.05, 3.63) is 0 Å². The van der Waals surface area contributed by atoms with Crippen LogP contribution in [0.1, 0.15) is 20.8 Å². The fraction of sp³-hybridized carbons (Fsp3) is 0.833. The quantitative estimate of drug-likeness (QED) is 0.302. The van der Waals surface area contributed by atoms with E-state index in [0.29, 0.717) is 0 Å². The summed E-state index contributed by atoms with van der Waals surface area (Å²) in [6, 6.07) is 0. The zero-order valence-corrected chi connectivity index (χ0v) is 11.5. The summed E-state index contributed by atoms with van der Waals surface area (Å²) >= 11 is 14.4. The van der Waals surface area contributed by atoms with Gasteiger partial charge in [-0.3, -0.25) is 5.26 Å². The third kappa shape index (κ3) is 18.7. The number of carbonyl (C=O) groups is 1. The molecule has 0 aromatic heterocycles. The van der Waals surface area contributed by atoms with E-state index in [9.17, 15) is 4.79 Å². The molecule has 2 N–H and O–H groups in total. The second-order valence-corrected chi connectivity index (χ2v) is 5.29. The summed E-state index contributed by atoms with van der Waals surface area (Å²) in [7, 11) is 0. The minimum Gasteiger partial charge on any atom is -0.478 e. The largest absolute Gasteiger partial charge is 0.478 e. The van der Waals surface area contributed by atoms with E-state index in [1.54, 1.807) is 20.8 Å². The van der Waals surface area contributed by atoms with E-state index in [1.165, 1.54) is 0 Å². The second kappa shape index (κ2) is 8.12. The molecule has 8 heteroatoms. The topological polar surface area (TPSA) is 66.8 Å². The fourth-order valence-corrected chi connectivity index (χ4v) is 0. The van der Waals surface area contributed by atoms with Crippen LogP contribution in [0.4, 0.5) is 0 Å². The Kier molecular flexibility index (Phi) is 11.8.